The minimum atomic E-state index is -0.0796. The largest absolute Gasteiger partial charge is 0.508 e. The van der Waals surface area contributed by atoms with Gasteiger partial charge in [-0.2, -0.15) is 0 Å². The first-order valence-corrected chi connectivity index (χ1v) is 7.15. The van der Waals surface area contributed by atoms with Crippen molar-refractivity contribution in [3.8, 4) is 5.75 Å². The molecule has 0 aliphatic heterocycles. The second-order valence-corrected chi connectivity index (χ2v) is 6.11. The summed E-state index contributed by atoms with van der Waals surface area (Å²) in [6.07, 6.45) is 7.83. The zero-order chi connectivity index (χ0) is 14.0. The van der Waals surface area contributed by atoms with E-state index in [-0.39, 0.29) is 5.41 Å². The van der Waals surface area contributed by atoms with Crippen LogP contribution in [0.2, 0.25) is 0 Å². The van der Waals surface area contributed by atoms with Gasteiger partial charge in [0.05, 0.1) is 0 Å². The number of rotatable bonds is 3. The van der Waals surface area contributed by atoms with Crippen LogP contribution in [0.15, 0.2) is 48.1 Å². The molecular weight excluding hydrogens is 232 g/mol. The van der Waals surface area contributed by atoms with Crippen LogP contribution in [0.1, 0.15) is 39.7 Å². The maximum Gasteiger partial charge on any atom is 0.119 e. The van der Waals surface area contributed by atoms with Gasteiger partial charge in [0.1, 0.15) is 5.75 Å². The first-order valence-electron chi connectivity index (χ1n) is 7.15. The van der Waals surface area contributed by atoms with Crippen molar-refractivity contribution in [2.75, 3.05) is 0 Å². The maximum atomic E-state index is 10.2. The predicted molar refractivity (Wildman–Crippen MR) is 81.3 cm³/mol. The Morgan fingerprint density at radius 3 is 2.26 bits per heavy atom. The molecule has 0 bridgehead atoms. The van der Waals surface area contributed by atoms with Gasteiger partial charge in [-0.1, -0.05) is 64.1 Å². The van der Waals surface area contributed by atoms with Crippen molar-refractivity contribution >= 4 is 0 Å². The lowest BCUT2D eigenvalue weighted by molar-refractivity contribution is 0.361. The van der Waals surface area contributed by atoms with E-state index in [0.29, 0.717) is 17.6 Å². The summed E-state index contributed by atoms with van der Waals surface area (Å²) in [7, 11) is 0. The lowest BCUT2D eigenvalue weighted by Gasteiger charge is -2.37. The topological polar surface area (TPSA) is 20.2 Å². The average Bonchev–Trinajstić information content (AvgIpc) is 2.39. The van der Waals surface area contributed by atoms with E-state index in [9.17, 15) is 5.11 Å². The molecule has 0 saturated carbocycles. The minimum Gasteiger partial charge on any atom is -0.508 e. The second-order valence-electron chi connectivity index (χ2n) is 6.11. The summed E-state index contributed by atoms with van der Waals surface area (Å²) in [6, 6.07) is 7.73. The highest BCUT2D eigenvalue weighted by molar-refractivity contribution is 5.46. The smallest absolute Gasteiger partial charge is 0.119 e. The molecule has 1 aliphatic carbocycles. The van der Waals surface area contributed by atoms with E-state index >= 15 is 0 Å². The molecule has 1 aliphatic rings. The van der Waals surface area contributed by atoms with Gasteiger partial charge >= 0.3 is 0 Å². The number of aromatic hydroxyl groups is 1. The first-order chi connectivity index (χ1) is 8.97. The van der Waals surface area contributed by atoms with Crippen molar-refractivity contribution in [3.05, 3.63) is 53.6 Å². The SMILES string of the molecule is CC(C)C1=CCC(c2ccccc2O)(C(C)C)C=C1. The number of para-hydroxylation sites is 1. The lowest BCUT2D eigenvalue weighted by Crippen LogP contribution is -2.31. The highest BCUT2D eigenvalue weighted by Gasteiger charge is 2.35. The summed E-state index contributed by atoms with van der Waals surface area (Å²) in [5.41, 5.74) is 2.36. The Balaban J connectivity index is 2.44. The van der Waals surface area contributed by atoms with Crippen molar-refractivity contribution in [3.63, 3.8) is 0 Å². The Kier molecular flexibility index (Phi) is 3.84. The van der Waals surface area contributed by atoms with E-state index in [2.05, 4.69) is 45.9 Å². The van der Waals surface area contributed by atoms with Gasteiger partial charge in [-0.05, 0) is 29.9 Å². The van der Waals surface area contributed by atoms with E-state index in [1.165, 1.54) is 5.57 Å². The molecule has 1 aromatic rings. The summed E-state index contributed by atoms with van der Waals surface area (Å²) < 4.78 is 0. The Hall–Kier alpha value is -1.50. The van der Waals surface area contributed by atoms with E-state index in [4.69, 9.17) is 0 Å². The molecule has 0 saturated heterocycles. The normalized spacial score (nSPS) is 22.9. The number of hydrogen-bond donors (Lipinski definition) is 1. The predicted octanol–water partition coefficient (Wildman–Crippen LogP) is 4.83. The molecule has 1 nitrogen and oxygen atoms in total. The summed E-state index contributed by atoms with van der Waals surface area (Å²) >= 11 is 0. The molecular formula is C18H24O. The summed E-state index contributed by atoms with van der Waals surface area (Å²) in [6.45, 7) is 8.90. The maximum absolute atomic E-state index is 10.2. The fourth-order valence-corrected chi connectivity index (χ4v) is 2.90. The van der Waals surface area contributed by atoms with Gasteiger partial charge in [0.2, 0.25) is 0 Å². The van der Waals surface area contributed by atoms with Crippen LogP contribution >= 0.6 is 0 Å². The number of phenolic OH excluding ortho intramolecular Hbond substituents is 1. The molecule has 1 atom stereocenters. The molecule has 1 heteroatoms. The zero-order valence-corrected chi connectivity index (χ0v) is 12.4. The average molecular weight is 256 g/mol. The number of benzene rings is 1. The third-order valence-electron chi connectivity index (χ3n) is 4.35. The van der Waals surface area contributed by atoms with Gasteiger partial charge in [-0.15, -0.1) is 0 Å². The van der Waals surface area contributed by atoms with Crippen LogP contribution in [-0.4, -0.2) is 5.11 Å². The number of phenols is 1. The summed E-state index contributed by atoms with van der Waals surface area (Å²) in [5.74, 6) is 1.41. The molecule has 0 amide bonds. The van der Waals surface area contributed by atoms with Crippen LogP contribution in [0.4, 0.5) is 0 Å². The molecule has 0 heterocycles. The van der Waals surface area contributed by atoms with Gasteiger partial charge in [0.25, 0.3) is 0 Å². The summed E-state index contributed by atoms with van der Waals surface area (Å²) in [4.78, 5) is 0. The van der Waals surface area contributed by atoms with E-state index in [1.54, 1.807) is 6.07 Å². The van der Waals surface area contributed by atoms with Crippen LogP contribution in [0.25, 0.3) is 0 Å². The van der Waals surface area contributed by atoms with Crippen LogP contribution in [-0.2, 0) is 5.41 Å². The van der Waals surface area contributed by atoms with Gasteiger partial charge in [-0.25, -0.2) is 0 Å². The molecule has 0 fully saturated rings. The third kappa shape index (κ3) is 2.47. The molecule has 1 unspecified atom stereocenters. The Morgan fingerprint density at radius 2 is 1.79 bits per heavy atom. The Labute approximate surface area is 116 Å². The van der Waals surface area contributed by atoms with E-state index in [1.807, 2.05) is 18.2 Å². The molecule has 19 heavy (non-hydrogen) atoms. The van der Waals surface area contributed by atoms with Crippen molar-refractivity contribution in [2.24, 2.45) is 11.8 Å². The standard InChI is InChI=1S/C18H24O/c1-13(2)15-9-11-18(12-10-15,14(3)4)16-7-5-6-8-17(16)19/h5-11,13-14,19H,12H2,1-4H3. The molecule has 102 valence electrons. The van der Waals surface area contributed by atoms with Gasteiger partial charge < -0.3 is 5.11 Å². The first kappa shape index (κ1) is 13.9. The molecule has 0 aromatic heterocycles. The van der Waals surface area contributed by atoms with Crippen molar-refractivity contribution in [2.45, 2.75) is 39.5 Å². The third-order valence-corrected chi connectivity index (χ3v) is 4.35. The fourth-order valence-electron chi connectivity index (χ4n) is 2.90. The molecule has 0 radical (unpaired) electrons. The Morgan fingerprint density at radius 1 is 1.11 bits per heavy atom. The van der Waals surface area contributed by atoms with Crippen LogP contribution < -0.4 is 0 Å². The zero-order valence-electron chi connectivity index (χ0n) is 12.4. The lowest BCUT2D eigenvalue weighted by atomic mass is 9.66. The second kappa shape index (κ2) is 5.24. The molecule has 1 N–H and O–H groups in total. The van der Waals surface area contributed by atoms with Crippen LogP contribution in [0, 0.1) is 11.8 Å². The summed E-state index contributed by atoms with van der Waals surface area (Å²) in [5, 5.41) is 10.2. The molecule has 0 spiro atoms. The van der Waals surface area contributed by atoms with Crippen molar-refractivity contribution in [1.29, 1.82) is 0 Å². The van der Waals surface area contributed by atoms with Crippen LogP contribution in [0.5, 0.6) is 5.75 Å². The number of hydrogen-bond acceptors (Lipinski definition) is 1. The van der Waals surface area contributed by atoms with Crippen molar-refractivity contribution in [1.82, 2.24) is 0 Å². The monoisotopic (exact) mass is 256 g/mol. The highest BCUT2D eigenvalue weighted by Crippen LogP contribution is 2.44. The fraction of sp³-hybridized carbons (Fsp3) is 0.444. The van der Waals surface area contributed by atoms with Crippen LogP contribution in [0.3, 0.4) is 0 Å². The Bertz CT molecular complexity index is 508. The van der Waals surface area contributed by atoms with Gasteiger partial charge in [-0.3, -0.25) is 0 Å². The van der Waals surface area contributed by atoms with Gasteiger partial charge in [0.15, 0.2) is 0 Å². The van der Waals surface area contributed by atoms with Crippen molar-refractivity contribution < 1.29 is 5.11 Å². The molecule has 1 aromatic carbocycles. The highest BCUT2D eigenvalue weighted by atomic mass is 16.3. The van der Waals surface area contributed by atoms with Gasteiger partial charge in [0, 0.05) is 11.0 Å². The van der Waals surface area contributed by atoms with E-state index in [0.717, 1.165) is 12.0 Å². The van der Waals surface area contributed by atoms with E-state index < -0.39 is 0 Å². The quantitative estimate of drug-likeness (QED) is 0.821. The number of allylic oxidation sites excluding steroid dienone is 4. The molecule has 2 rings (SSSR count). The minimum absolute atomic E-state index is 0.0796.